The maximum atomic E-state index is 12.6. The van der Waals surface area contributed by atoms with E-state index in [1.54, 1.807) is 4.90 Å². The highest BCUT2D eigenvalue weighted by molar-refractivity contribution is 5.98. The summed E-state index contributed by atoms with van der Waals surface area (Å²) in [4.78, 5) is 40.6. The van der Waals surface area contributed by atoms with Gasteiger partial charge in [0.05, 0.1) is 18.6 Å². The Morgan fingerprint density at radius 3 is 2.28 bits per heavy atom. The summed E-state index contributed by atoms with van der Waals surface area (Å²) in [6, 6.07) is -1.57. The lowest BCUT2D eigenvalue weighted by molar-refractivity contribution is -0.142. The van der Waals surface area contributed by atoms with Gasteiger partial charge in [0, 0.05) is 6.54 Å². The zero-order chi connectivity index (χ0) is 18.9. The van der Waals surface area contributed by atoms with Crippen molar-refractivity contribution in [3.05, 3.63) is 0 Å². The maximum Gasteiger partial charge on any atom is 0.252 e. The van der Waals surface area contributed by atoms with Gasteiger partial charge in [-0.2, -0.15) is 0 Å². The number of carbonyl (C=O) groups is 3. The number of nitrogens with zero attached hydrogens (tertiary/aromatic N) is 2. The molecule has 4 unspecified atom stereocenters. The zero-order valence-electron chi connectivity index (χ0n) is 15.6. The Kier molecular flexibility index (Phi) is 6.21. The SMILES string of the molecule is CC(C)CC(N)C(=O)N1CCC2C1C(=O)CN2C(=O)C(O)CC(C)C. The van der Waals surface area contributed by atoms with Crippen molar-refractivity contribution in [3.8, 4) is 0 Å². The number of likely N-dealkylation sites (tertiary alicyclic amines) is 2. The number of rotatable bonds is 6. The number of carbonyl (C=O) groups excluding carboxylic acids is 3. The Morgan fingerprint density at radius 1 is 1.12 bits per heavy atom. The Bertz CT molecular complexity index is 508. The molecule has 2 aliphatic rings. The Balaban J connectivity index is 2.08. The Morgan fingerprint density at radius 2 is 1.72 bits per heavy atom. The molecule has 2 amide bonds. The normalized spacial score (nSPS) is 25.7. The second-order valence-electron chi connectivity index (χ2n) is 8.15. The van der Waals surface area contributed by atoms with Crippen LogP contribution in [0.5, 0.6) is 0 Å². The van der Waals surface area contributed by atoms with E-state index >= 15 is 0 Å². The van der Waals surface area contributed by atoms with E-state index in [0.717, 1.165) is 0 Å². The van der Waals surface area contributed by atoms with Gasteiger partial charge in [-0.3, -0.25) is 14.4 Å². The minimum absolute atomic E-state index is 0.0352. The van der Waals surface area contributed by atoms with Crippen LogP contribution in [0.15, 0.2) is 0 Å². The Labute approximate surface area is 149 Å². The molecule has 2 heterocycles. The van der Waals surface area contributed by atoms with Crippen molar-refractivity contribution in [2.75, 3.05) is 13.1 Å². The molecule has 142 valence electrons. The third-order valence-corrected chi connectivity index (χ3v) is 5.01. The minimum atomic E-state index is -1.10. The summed E-state index contributed by atoms with van der Waals surface area (Å²) in [5.41, 5.74) is 6.00. The highest BCUT2D eigenvalue weighted by Crippen LogP contribution is 2.31. The molecule has 0 bridgehead atoms. The molecular weight excluding hydrogens is 322 g/mol. The molecule has 2 rings (SSSR count). The summed E-state index contributed by atoms with van der Waals surface area (Å²) in [6.45, 7) is 8.25. The molecule has 2 aliphatic heterocycles. The third kappa shape index (κ3) is 4.20. The van der Waals surface area contributed by atoms with Gasteiger partial charge >= 0.3 is 0 Å². The van der Waals surface area contributed by atoms with Crippen molar-refractivity contribution in [2.45, 2.75) is 71.2 Å². The first-order valence-corrected chi connectivity index (χ1v) is 9.20. The van der Waals surface area contributed by atoms with Crippen LogP contribution in [0.2, 0.25) is 0 Å². The average Bonchev–Trinajstić information content (AvgIpc) is 3.06. The van der Waals surface area contributed by atoms with Crippen LogP contribution in [-0.4, -0.2) is 69.8 Å². The van der Waals surface area contributed by atoms with Crippen LogP contribution < -0.4 is 5.73 Å². The minimum Gasteiger partial charge on any atom is -0.383 e. The van der Waals surface area contributed by atoms with Gasteiger partial charge in [0.2, 0.25) is 5.91 Å². The van der Waals surface area contributed by atoms with E-state index in [9.17, 15) is 19.5 Å². The quantitative estimate of drug-likeness (QED) is 0.707. The summed E-state index contributed by atoms with van der Waals surface area (Å²) in [7, 11) is 0. The molecule has 3 N–H and O–H groups in total. The van der Waals surface area contributed by atoms with Gasteiger partial charge in [0.15, 0.2) is 5.78 Å². The number of fused-ring (bicyclic) bond motifs is 1. The summed E-state index contributed by atoms with van der Waals surface area (Å²) in [6.07, 6.45) is 0.385. The number of hydrogen-bond donors (Lipinski definition) is 2. The molecule has 0 aliphatic carbocycles. The van der Waals surface area contributed by atoms with Crippen molar-refractivity contribution in [2.24, 2.45) is 17.6 Å². The van der Waals surface area contributed by atoms with Crippen LogP contribution in [0.1, 0.15) is 47.0 Å². The van der Waals surface area contributed by atoms with Gasteiger partial charge in [0.25, 0.3) is 5.91 Å². The molecule has 0 radical (unpaired) electrons. The van der Waals surface area contributed by atoms with Crippen LogP contribution in [0.3, 0.4) is 0 Å². The third-order valence-electron chi connectivity index (χ3n) is 5.01. The lowest BCUT2D eigenvalue weighted by Crippen LogP contribution is -2.50. The second kappa shape index (κ2) is 7.83. The summed E-state index contributed by atoms with van der Waals surface area (Å²) < 4.78 is 0. The van der Waals surface area contributed by atoms with Crippen molar-refractivity contribution in [1.82, 2.24) is 9.80 Å². The van der Waals surface area contributed by atoms with E-state index in [0.29, 0.717) is 31.7 Å². The number of ketones is 1. The van der Waals surface area contributed by atoms with E-state index < -0.39 is 24.1 Å². The molecule has 0 aromatic rings. The van der Waals surface area contributed by atoms with Gasteiger partial charge in [-0.15, -0.1) is 0 Å². The predicted molar refractivity (Wildman–Crippen MR) is 93.5 cm³/mol. The number of Topliss-reactive ketones (excluding diaryl/α,β-unsaturated/α-hetero) is 1. The van der Waals surface area contributed by atoms with Crippen LogP contribution in [-0.2, 0) is 14.4 Å². The number of hydrogen-bond acceptors (Lipinski definition) is 5. The predicted octanol–water partition coefficient (Wildman–Crippen LogP) is 0.148. The summed E-state index contributed by atoms with van der Waals surface area (Å²) >= 11 is 0. The molecule has 2 saturated heterocycles. The van der Waals surface area contributed by atoms with E-state index in [2.05, 4.69) is 0 Å². The smallest absolute Gasteiger partial charge is 0.252 e. The Hall–Kier alpha value is -1.47. The zero-order valence-corrected chi connectivity index (χ0v) is 15.6. The molecule has 0 saturated carbocycles. The fraction of sp³-hybridized carbons (Fsp3) is 0.833. The standard InChI is InChI=1S/C18H31N3O4/c1-10(2)7-12(19)17(24)20-6-5-13-16(20)15(23)9-21(13)18(25)14(22)8-11(3)4/h10-14,16,22H,5-9,19H2,1-4H3. The molecule has 2 fully saturated rings. The number of aliphatic hydroxyl groups is 1. The first-order chi connectivity index (χ1) is 11.6. The highest BCUT2D eigenvalue weighted by atomic mass is 16.3. The monoisotopic (exact) mass is 353 g/mol. The van der Waals surface area contributed by atoms with Crippen LogP contribution in [0.25, 0.3) is 0 Å². The molecule has 7 nitrogen and oxygen atoms in total. The fourth-order valence-electron chi connectivity index (χ4n) is 3.92. The van der Waals surface area contributed by atoms with Crippen molar-refractivity contribution in [1.29, 1.82) is 0 Å². The van der Waals surface area contributed by atoms with Crippen molar-refractivity contribution >= 4 is 17.6 Å². The highest BCUT2D eigenvalue weighted by Gasteiger charge is 2.52. The van der Waals surface area contributed by atoms with Crippen molar-refractivity contribution < 1.29 is 19.5 Å². The van der Waals surface area contributed by atoms with Crippen LogP contribution in [0, 0.1) is 11.8 Å². The topological polar surface area (TPSA) is 104 Å². The van der Waals surface area contributed by atoms with E-state index in [1.165, 1.54) is 4.90 Å². The van der Waals surface area contributed by atoms with Gasteiger partial charge in [-0.1, -0.05) is 27.7 Å². The van der Waals surface area contributed by atoms with Gasteiger partial charge in [-0.25, -0.2) is 0 Å². The molecule has 0 aromatic carbocycles. The second-order valence-corrected chi connectivity index (χ2v) is 8.15. The summed E-state index contributed by atoms with van der Waals surface area (Å²) in [5, 5.41) is 10.1. The first kappa shape index (κ1) is 19.8. The van der Waals surface area contributed by atoms with Crippen LogP contribution in [0.4, 0.5) is 0 Å². The lowest BCUT2D eigenvalue weighted by atomic mass is 10.0. The largest absolute Gasteiger partial charge is 0.383 e. The number of nitrogens with two attached hydrogens (primary N) is 1. The molecule has 0 spiro atoms. The van der Waals surface area contributed by atoms with E-state index in [1.807, 2.05) is 27.7 Å². The maximum absolute atomic E-state index is 12.6. The summed E-state index contributed by atoms with van der Waals surface area (Å²) in [5.74, 6) is -0.288. The number of amides is 2. The molecule has 25 heavy (non-hydrogen) atoms. The molecule has 7 heteroatoms. The molecule has 4 atom stereocenters. The average molecular weight is 353 g/mol. The first-order valence-electron chi connectivity index (χ1n) is 9.20. The lowest BCUT2D eigenvalue weighted by Gasteiger charge is -2.27. The molecule has 0 aromatic heterocycles. The molecular formula is C18H31N3O4. The van der Waals surface area contributed by atoms with Crippen LogP contribution >= 0.6 is 0 Å². The van der Waals surface area contributed by atoms with Gasteiger partial charge in [0.1, 0.15) is 12.1 Å². The van der Waals surface area contributed by atoms with E-state index in [4.69, 9.17) is 5.73 Å². The van der Waals surface area contributed by atoms with Crippen molar-refractivity contribution in [3.63, 3.8) is 0 Å². The fourth-order valence-corrected chi connectivity index (χ4v) is 3.92. The van der Waals surface area contributed by atoms with Gasteiger partial charge in [-0.05, 0) is 31.1 Å². The number of aliphatic hydroxyl groups excluding tert-OH is 1. The van der Waals surface area contributed by atoms with E-state index in [-0.39, 0.29) is 30.2 Å². The van der Waals surface area contributed by atoms with Gasteiger partial charge < -0.3 is 20.6 Å².